The Labute approximate surface area is 383 Å². The summed E-state index contributed by atoms with van der Waals surface area (Å²) in [6.07, 6.45) is 0. The monoisotopic (exact) mass is 902 g/mol. The van der Waals surface area contributed by atoms with Crippen molar-refractivity contribution < 1.29 is 30.2 Å². The van der Waals surface area contributed by atoms with E-state index in [0.717, 1.165) is 60.9 Å². The standard InChI is InChI=1S/C57H37F3N2O4S/c1-56(37-16-5-2-6-17-37)48-25-13-11-23-44(48)54-42(24-15-26-49(54)56)36-28-31-53-46(32-36)47-34-41(66-67(63,64)57(58,59)60)35-52(55(47)65-53)61(38-18-7-3-8-19-38)40-29-30-51-45(33-40)43-22-12-14-27-50(43)62(51)39-20-9-4-10-21-39/h2-35H,1H3. The van der Waals surface area contributed by atoms with Crippen molar-refractivity contribution in [3.63, 3.8) is 0 Å². The average molecular weight is 903 g/mol. The number of aromatic nitrogens is 1. The third-order valence-electron chi connectivity index (χ3n) is 13.2. The predicted molar refractivity (Wildman–Crippen MR) is 261 cm³/mol. The molecule has 0 spiro atoms. The van der Waals surface area contributed by atoms with Crippen LogP contribution in [0.3, 0.4) is 0 Å². The predicted octanol–water partition coefficient (Wildman–Crippen LogP) is 15.4. The topological polar surface area (TPSA) is 64.7 Å². The highest BCUT2D eigenvalue weighted by molar-refractivity contribution is 7.88. The van der Waals surface area contributed by atoms with Gasteiger partial charge in [0.15, 0.2) is 5.58 Å². The van der Waals surface area contributed by atoms with Gasteiger partial charge in [-0.05, 0) is 113 Å². The Morgan fingerprint density at radius 2 is 1.22 bits per heavy atom. The second-order valence-corrected chi connectivity index (χ2v) is 18.5. The minimum absolute atomic E-state index is 0.271. The quantitative estimate of drug-likeness (QED) is 0.112. The van der Waals surface area contributed by atoms with Crippen LogP contribution in [0.5, 0.6) is 5.75 Å². The van der Waals surface area contributed by atoms with Gasteiger partial charge in [0.25, 0.3) is 0 Å². The molecule has 6 nitrogen and oxygen atoms in total. The second kappa shape index (κ2) is 15.0. The Kier molecular flexibility index (Phi) is 9.04. The van der Waals surface area contributed by atoms with E-state index in [4.69, 9.17) is 8.60 Å². The molecule has 326 valence electrons. The highest BCUT2D eigenvalue weighted by Crippen LogP contribution is 2.55. The molecule has 2 aromatic heterocycles. The maximum absolute atomic E-state index is 14.1. The molecular weight excluding hydrogens is 866 g/mol. The number of fused-ring (bicyclic) bond motifs is 9. The summed E-state index contributed by atoms with van der Waals surface area (Å²) in [5, 5.41) is 2.85. The molecule has 1 unspecified atom stereocenters. The zero-order valence-corrected chi connectivity index (χ0v) is 36.5. The molecule has 0 fully saturated rings. The Balaban J connectivity index is 1.10. The van der Waals surface area contributed by atoms with Crippen molar-refractivity contribution in [1.29, 1.82) is 0 Å². The van der Waals surface area contributed by atoms with Gasteiger partial charge in [0.1, 0.15) is 11.3 Å². The van der Waals surface area contributed by atoms with Crippen molar-refractivity contribution in [3.8, 4) is 33.7 Å². The molecule has 0 amide bonds. The number of nitrogens with zero attached hydrogens (tertiary/aromatic N) is 2. The molecule has 0 N–H and O–H groups in total. The normalized spacial score (nSPS) is 14.7. The van der Waals surface area contributed by atoms with Gasteiger partial charge in [-0.25, -0.2) is 0 Å². The van der Waals surface area contributed by atoms with Crippen molar-refractivity contribution in [1.82, 2.24) is 4.57 Å². The largest absolute Gasteiger partial charge is 0.534 e. The Morgan fingerprint density at radius 3 is 2.00 bits per heavy atom. The first-order valence-corrected chi connectivity index (χ1v) is 23.1. The highest BCUT2D eigenvalue weighted by atomic mass is 32.2. The lowest BCUT2D eigenvalue weighted by Crippen LogP contribution is -2.28. The zero-order chi connectivity index (χ0) is 45.7. The molecule has 0 bridgehead atoms. The summed E-state index contributed by atoms with van der Waals surface area (Å²) in [7, 11) is -6.08. The molecule has 0 saturated carbocycles. The van der Waals surface area contributed by atoms with Crippen LogP contribution in [0, 0.1) is 0 Å². The smallest absolute Gasteiger partial charge is 0.454 e. The number of benzene rings is 9. The summed E-state index contributed by atoms with van der Waals surface area (Å²) in [4.78, 5) is 1.86. The molecule has 2 heterocycles. The fraction of sp³-hybridized carbons (Fsp3) is 0.0526. The average Bonchev–Trinajstić information content (AvgIpc) is 3.98. The number of hydrogen-bond donors (Lipinski definition) is 0. The Hall–Kier alpha value is -8.08. The van der Waals surface area contributed by atoms with Crippen LogP contribution < -0.4 is 9.08 Å². The van der Waals surface area contributed by atoms with Gasteiger partial charge >= 0.3 is 15.6 Å². The first-order chi connectivity index (χ1) is 32.5. The molecule has 12 rings (SSSR count). The number of anilines is 3. The second-order valence-electron chi connectivity index (χ2n) is 16.9. The third-order valence-corrected chi connectivity index (χ3v) is 14.2. The van der Waals surface area contributed by atoms with Crippen molar-refractivity contribution >= 4 is 70.9 Å². The van der Waals surface area contributed by atoms with E-state index in [1.165, 1.54) is 17.7 Å². The van der Waals surface area contributed by atoms with Crippen molar-refractivity contribution in [2.45, 2.75) is 17.8 Å². The van der Waals surface area contributed by atoms with E-state index < -0.39 is 26.8 Å². The van der Waals surface area contributed by atoms with E-state index in [9.17, 15) is 21.6 Å². The molecule has 0 aliphatic heterocycles. The van der Waals surface area contributed by atoms with E-state index in [-0.39, 0.29) is 5.69 Å². The summed E-state index contributed by atoms with van der Waals surface area (Å²) < 4.78 is 81.8. The molecule has 1 aliphatic carbocycles. The van der Waals surface area contributed by atoms with Crippen LogP contribution in [-0.4, -0.2) is 18.5 Å². The Bertz CT molecular complexity index is 3870. The van der Waals surface area contributed by atoms with Crippen LogP contribution in [0.15, 0.2) is 211 Å². The van der Waals surface area contributed by atoms with Gasteiger partial charge < -0.3 is 18.1 Å². The molecule has 10 heteroatoms. The molecule has 67 heavy (non-hydrogen) atoms. The van der Waals surface area contributed by atoms with Crippen LogP contribution >= 0.6 is 0 Å². The van der Waals surface area contributed by atoms with Crippen molar-refractivity contribution in [2.75, 3.05) is 4.90 Å². The first-order valence-electron chi connectivity index (χ1n) is 21.7. The van der Waals surface area contributed by atoms with Crippen LogP contribution in [0.2, 0.25) is 0 Å². The Morgan fingerprint density at radius 1 is 0.567 bits per heavy atom. The van der Waals surface area contributed by atoms with Gasteiger partial charge in [-0.1, -0.05) is 133 Å². The molecule has 1 atom stereocenters. The highest BCUT2D eigenvalue weighted by Gasteiger charge is 2.49. The minimum Gasteiger partial charge on any atom is -0.454 e. The lowest BCUT2D eigenvalue weighted by atomic mass is 9.74. The SMILES string of the molecule is CC1(c2ccccc2)c2ccccc2-c2c(-c3ccc4oc5c(N(c6ccccc6)c6ccc7c(c6)c6ccccc6n7-c6ccccc6)cc(OS(=O)(=O)C(F)(F)F)cc5c4c3)cccc21. The molecule has 0 radical (unpaired) electrons. The number of para-hydroxylation sites is 3. The maximum atomic E-state index is 14.1. The van der Waals surface area contributed by atoms with Crippen LogP contribution in [0.1, 0.15) is 23.6 Å². The number of halogens is 3. The summed E-state index contributed by atoms with van der Waals surface area (Å²) in [6, 6.07) is 67.0. The van der Waals surface area contributed by atoms with E-state index in [1.807, 2.05) is 126 Å². The fourth-order valence-corrected chi connectivity index (χ4v) is 10.7. The zero-order valence-electron chi connectivity index (χ0n) is 35.7. The van der Waals surface area contributed by atoms with Crippen LogP contribution in [-0.2, 0) is 15.5 Å². The fourth-order valence-electron chi connectivity index (χ4n) is 10.2. The number of rotatable bonds is 8. The van der Waals surface area contributed by atoms with E-state index in [0.29, 0.717) is 33.3 Å². The first kappa shape index (κ1) is 40.4. The maximum Gasteiger partial charge on any atom is 0.534 e. The number of hydrogen-bond acceptors (Lipinski definition) is 5. The van der Waals surface area contributed by atoms with E-state index in [1.54, 1.807) is 0 Å². The van der Waals surface area contributed by atoms with Gasteiger partial charge in [0.2, 0.25) is 0 Å². The molecule has 9 aromatic carbocycles. The van der Waals surface area contributed by atoms with E-state index in [2.05, 4.69) is 84.3 Å². The molecule has 11 aromatic rings. The number of alkyl halides is 3. The lowest BCUT2D eigenvalue weighted by Gasteiger charge is -2.28. The van der Waals surface area contributed by atoms with Crippen molar-refractivity contribution in [3.05, 3.63) is 223 Å². The molecule has 0 saturated heterocycles. The minimum atomic E-state index is -6.08. The lowest BCUT2D eigenvalue weighted by molar-refractivity contribution is -0.0500. The third kappa shape index (κ3) is 6.27. The molecular formula is C57H37F3N2O4S. The van der Waals surface area contributed by atoms with Crippen LogP contribution in [0.25, 0.3) is 71.7 Å². The summed E-state index contributed by atoms with van der Waals surface area (Å²) in [5.74, 6) is -0.524. The summed E-state index contributed by atoms with van der Waals surface area (Å²) in [5.41, 5.74) is 6.60. The summed E-state index contributed by atoms with van der Waals surface area (Å²) in [6.45, 7) is 2.25. The molecule has 1 aliphatic rings. The van der Waals surface area contributed by atoms with Gasteiger partial charge in [-0.2, -0.15) is 21.6 Å². The van der Waals surface area contributed by atoms with Gasteiger partial charge in [0.05, 0.1) is 16.7 Å². The number of furan rings is 1. The van der Waals surface area contributed by atoms with Gasteiger partial charge in [-0.3, -0.25) is 0 Å². The van der Waals surface area contributed by atoms with Crippen molar-refractivity contribution in [2.24, 2.45) is 0 Å². The summed E-state index contributed by atoms with van der Waals surface area (Å²) >= 11 is 0. The van der Waals surface area contributed by atoms with E-state index >= 15 is 0 Å². The van der Waals surface area contributed by atoms with Crippen LogP contribution in [0.4, 0.5) is 30.2 Å². The van der Waals surface area contributed by atoms with Gasteiger partial charge in [0, 0.05) is 50.1 Å². The van der Waals surface area contributed by atoms with Gasteiger partial charge in [-0.15, -0.1) is 0 Å².